The van der Waals surface area contributed by atoms with Crippen LogP contribution in [0, 0.1) is 5.82 Å². The minimum Gasteiger partial charge on any atom is -0.492 e. The fraction of sp³-hybridized carbons (Fsp3) is 0. The second-order valence-electron chi connectivity index (χ2n) is 2.46. The van der Waals surface area contributed by atoms with E-state index >= 15 is 0 Å². The zero-order valence-electron chi connectivity index (χ0n) is 6.57. The normalized spacial score (nSPS) is 10.7. The summed E-state index contributed by atoms with van der Waals surface area (Å²) in [5.41, 5.74) is -0.466. The van der Waals surface area contributed by atoms with E-state index < -0.39 is 17.7 Å². The third-order valence-corrected chi connectivity index (χ3v) is 1.84. The van der Waals surface area contributed by atoms with Gasteiger partial charge in [-0.25, -0.2) is 9.37 Å². The van der Waals surface area contributed by atoms with Crippen molar-refractivity contribution >= 4 is 22.6 Å². The molecule has 0 unspecified atom stereocenters. The summed E-state index contributed by atoms with van der Waals surface area (Å²) in [6.45, 7) is 0. The van der Waals surface area contributed by atoms with Gasteiger partial charge in [0.25, 0.3) is 0 Å². The molecule has 0 amide bonds. The van der Waals surface area contributed by atoms with Crippen LogP contribution in [0.4, 0.5) is 4.39 Å². The molecule has 72 valence electrons. The Morgan fingerprint density at radius 2 is 1.93 bits per heavy atom. The first-order valence-corrected chi connectivity index (χ1v) is 3.87. The second kappa shape index (κ2) is 2.91. The lowest BCUT2D eigenvalue weighted by atomic mass is 10.3. The first-order valence-electron chi connectivity index (χ1n) is 3.49. The summed E-state index contributed by atoms with van der Waals surface area (Å²) < 4.78 is 13.3. The van der Waals surface area contributed by atoms with Gasteiger partial charge in [0.1, 0.15) is 5.52 Å². The Morgan fingerprint density at radius 1 is 1.21 bits per heavy atom. The van der Waals surface area contributed by atoms with Crippen molar-refractivity contribution in [2.45, 2.75) is 0 Å². The Bertz CT molecular complexity index is 520. The molecule has 0 atom stereocenters. The van der Waals surface area contributed by atoms with Crippen LogP contribution in [0.25, 0.3) is 11.0 Å². The van der Waals surface area contributed by atoms with Crippen LogP contribution in [0.3, 0.4) is 0 Å². The molecule has 0 saturated carbocycles. The quantitative estimate of drug-likeness (QED) is 0.691. The summed E-state index contributed by atoms with van der Waals surface area (Å²) in [6, 6.07) is -0.738. The van der Waals surface area contributed by atoms with E-state index in [1.807, 2.05) is 0 Å². The maximum atomic E-state index is 13.3. The minimum atomic E-state index is -0.857. The van der Waals surface area contributed by atoms with Gasteiger partial charge in [-0.15, -0.1) is 0 Å². The number of rotatable bonds is 0. The lowest BCUT2D eigenvalue weighted by Crippen LogP contribution is -1.92. The summed E-state index contributed by atoms with van der Waals surface area (Å²) in [6.07, 6.45) is 1.03. The van der Waals surface area contributed by atoms with Crippen LogP contribution < -0.4 is 0 Å². The van der Waals surface area contributed by atoms with Crippen molar-refractivity contribution in [3.63, 3.8) is 0 Å². The van der Waals surface area contributed by atoms with Crippen LogP contribution in [-0.4, -0.2) is 25.2 Å². The van der Waals surface area contributed by atoms with Crippen LogP contribution in [0.5, 0.6) is 11.9 Å². The Balaban J connectivity index is 2.95. The van der Waals surface area contributed by atoms with E-state index in [2.05, 4.69) is 15.0 Å². The molecule has 5 nitrogen and oxygen atoms in total. The summed E-state index contributed by atoms with van der Waals surface area (Å²) in [5, 5.41) is 17.8. The molecule has 2 heterocycles. The first-order chi connectivity index (χ1) is 6.59. The molecule has 2 aromatic heterocycles. The van der Waals surface area contributed by atoms with Gasteiger partial charge in [-0.05, 0) is 0 Å². The molecule has 0 aliphatic carbocycles. The van der Waals surface area contributed by atoms with Gasteiger partial charge in [0, 0.05) is 6.20 Å². The van der Waals surface area contributed by atoms with Gasteiger partial charge in [-0.3, -0.25) is 0 Å². The zero-order chi connectivity index (χ0) is 10.3. The number of pyridine rings is 1. The van der Waals surface area contributed by atoms with Crippen LogP contribution >= 0.6 is 11.6 Å². The highest BCUT2D eigenvalue weighted by Crippen LogP contribution is 2.26. The Hall–Kier alpha value is -1.69. The molecule has 2 N–H and O–H groups in total. The standard InChI is InChI=1S/C7H3ClFN3O2/c8-2-1-10-5-4(3(2)9)11-7(14)12-6(5)13/h1H,(H2,11,12,13,14). The van der Waals surface area contributed by atoms with E-state index in [0.717, 1.165) is 6.20 Å². The van der Waals surface area contributed by atoms with Crippen molar-refractivity contribution in [2.24, 2.45) is 0 Å². The average Bonchev–Trinajstić information content (AvgIpc) is 2.12. The highest BCUT2D eigenvalue weighted by atomic mass is 35.5. The number of halogens is 2. The SMILES string of the molecule is Oc1nc(O)c2ncc(Cl)c(F)c2n1. The Labute approximate surface area is 81.8 Å². The van der Waals surface area contributed by atoms with Crippen molar-refractivity contribution in [3.8, 4) is 11.9 Å². The Morgan fingerprint density at radius 3 is 2.64 bits per heavy atom. The van der Waals surface area contributed by atoms with Crippen LogP contribution in [0.2, 0.25) is 5.02 Å². The number of aromatic hydroxyl groups is 2. The largest absolute Gasteiger partial charge is 0.492 e. The number of nitrogens with zero attached hydrogens (tertiary/aromatic N) is 3. The van der Waals surface area contributed by atoms with Crippen molar-refractivity contribution < 1.29 is 14.6 Å². The fourth-order valence-electron chi connectivity index (χ4n) is 0.994. The highest BCUT2D eigenvalue weighted by Gasteiger charge is 2.13. The van der Waals surface area contributed by atoms with Crippen LogP contribution in [0.15, 0.2) is 6.20 Å². The third kappa shape index (κ3) is 1.20. The van der Waals surface area contributed by atoms with Crippen molar-refractivity contribution in [2.75, 3.05) is 0 Å². The van der Waals surface area contributed by atoms with Gasteiger partial charge in [-0.1, -0.05) is 11.6 Å². The predicted molar refractivity (Wildman–Crippen MR) is 45.6 cm³/mol. The van der Waals surface area contributed by atoms with Crippen LogP contribution in [-0.2, 0) is 0 Å². The molecule has 0 aliphatic heterocycles. The molecule has 0 fully saturated rings. The molecule has 2 aromatic rings. The highest BCUT2D eigenvalue weighted by molar-refractivity contribution is 6.31. The molecule has 0 aromatic carbocycles. The van der Waals surface area contributed by atoms with Gasteiger partial charge < -0.3 is 10.2 Å². The van der Waals surface area contributed by atoms with E-state index in [9.17, 15) is 9.50 Å². The summed E-state index contributed by atoms with van der Waals surface area (Å²) >= 11 is 5.43. The maximum absolute atomic E-state index is 13.3. The van der Waals surface area contributed by atoms with E-state index in [0.29, 0.717) is 0 Å². The summed E-state index contributed by atoms with van der Waals surface area (Å²) in [4.78, 5) is 10.2. The molecule has 14 heavy (non-hydrogen) atoms. The average molecular weight is 216 g/mol. The fourth-order valence-corrected chi connectivity index (χ4v) is 1.13. The number of fused-ring (bicyclic) bond motifs is 1. The second-order valence-corrected chi connectivity index (χ2v) is 2.87. The topological polar surface area (TPSA) is 79.1 Å². The minimum absolute atomic E-state index is 0.148. The zero-order valence-corrected chi connectivity index (χ0v) is 7.33. The molecule has 0 bridgehead atoms. The van der Waals surface area contributed by atoms with Gasteiger partial charge in [-0.2, -0.15) is 9.97 Å². The smallest absolute Gasteiger partial charge is 0.317 e. The van der Waals surface area contributed by atoms with Gasteiger partial charge >= 0.3 is 6.01 Å². The van der Waals surface area contributed by atoms with Crippen LogP contribution in [0.1, 0.15) is 0 Å². The summed E-state index contributed by atoms with van der Waals surface area (Å²) in [5.74, 6) is -1.45. The number of hydrogen-bond acceptors (Lipinski definition) is 5. The number of aromatic nitrogens is 3. The molecule has 2 rings (SSSR count). The van der Waals surface area contributed by atoms with Gasteiger partial charge in [0.15, 0.2) is 11.3 Å². The lowest BCUT2D eigenvalue weighted by molar-refractivity contribution is 0.402. The van der Waals surface area contributed by atoms with Crippen molar-refractivity contribution in [1.29, 1.82) is 0 Å². The van der Waals surface area contributed by atoms with E-state index in [1.165, 1.54) is 0 Å². The van der Waals surface area contributed by atoms with E-state index in [4.69, 9.17) is 16.7 Å². The van der Waals surface area contributed by atoms with Crippen molar-refractivity contribution in [1.82, 2.24) is 15.0 Å². The molecular formula is C7H3ClFN3O2. The van der Waals surface area contributed by atoms with Crippen molar-refractivity contribution in [3.05, 3.63) is 17.0 Å². The first kappa shape index (κ1) is 8.89. The lowest BCUT2D eigenvalue weighted by Gasteiger charge is -2.01. The molecule has 0 saturated heterocycles. The van der Waals surface area contributed by atoms with E-state index in [-0.39, 0.29) is 16.1 Å². The third-order valence-electron chi connectivity index (χ3n) is 1.58. The Kier molecular flexibility index (Phi) is 1.85. The molecule has 7 heteroatoms. The molecule has 0 radical (unpaired) electrons. The van der Waals surface area contributed by atoms with Gasteiger partial charge in [0.2, 0.25) is 5.88 Å². The molecule has 0 aliphatic rings. The molecule has 0 spiro atoms. The summed E-state index contributed by atoms with van der Waals surface area (Å²) in [7, 11) is 0. The monoisotopic (exact) mass is 215 g/mol. The maximum Gasteiger partial charge on any atom is 0.317 e. The van der Waals surface area contributed by atoms with E-state index in [1.54, 1.807) is 0 Å². The van der Waals surface area contributed by atoms with Gasteiger partial charge in [0.05, 0.1) is 5.02 Å². The predicted octanol–water partition coefficient (Wildman–Crippen LogP) is 1.23. The molecular weight excluding hydrogens is 213 g/mol. The number of hydrogen-bond donors (Lipinski definition) is 2.